The van der Waals surface area contributed by atoms with Crippen molar-refractivity contribution in [1.29, 1.82) is 0 Å². The maximum atomic E-state index is 14.1. The zero-order valence-corrected chi connectivity index (χ0v) is 17.0. The second-order valence-electron chi connectivity index (χ2n) is 6.47. The lowest BCUT2D eigenvalue weighted by atomic mass is 10.1. The molecule has 1 unspecified atom stereocenters. The van der Waals surface area contributed by atoms with Crippen molar-refractivity contribution in [3.63, 3.8) is 0 Å². The SMILES string of the molecule is COc1ccc(-c2nc(CN(C)C(C)c3cc(F)ccc3F)cs2)c(OC)c1. The van der Waals surface area contributed by atoms with E-state index in [9.17, 15) is 8.78 Å². The summed E-state index contributed by atoms with van der Waals surface area (Å²) < 4.78 is 38.2. The molecule has 0 spiro atoms. The van der Waals surface area contributed by atoms with E-state index in [2.05, 4.69) is 4.98 Å². The molecule has 0 aliphatic heterocycles. The maximum Gasteiger partial charge on any atom is 0.132 e. The lowest BCUT2D eigenvalue weighted by Gasteiger charge is -2.24. The first-order valence-electron chi connectivity index (χ1n) is 8.75. The van der Waals surface area contributed by atoms with Gasteiger partial charge in [0, 0.05) is 29.6 Å². The second-order valence-corrected chi connectivity index (χ2v) is 7.33. The standard InChI is InChI=1S/C21H22F2N2O2S/c1-13(18-9-14(22)5-8-19(18)23)25(2)11-15-12-28-21(24-15)17-7-6-16(26-3)10-20(17)27-4/h5-10,12-13H,11H2,1-4H3. The third-order valence-corrected chi connectivity index (χ3v) is 5.60. The van der Waals surface area contributed by atoms with Gasteiger partial charge in [0.2, 0.25) is 0 Å². The number of benzene rings is 2. The molecule has 3 aromatic rings. The van der Waals surface area contributed by atoms with Crippen LogP contribution in [-0.4, -0.2) is 31.2 Å². The average Bonchev–Trinajstić information content (AvgIpc) is 3.16. The first kappa shape index (κ1) is 20.2. The Labute approximate surface area is 167 Å². The van der Waals surface area contributed by atoms with Crippen LogP contribution in [0.4, 0.5) is 8.78 Å². The van der Waals surface area contributed by atoms with E-state index in [0.717, 1.165) is 28.4 Å². The fourth-order valence-electron chi connectivity index (χ4n) is 2.94. The minimum Gasteiger partial charge on any atom is -0.497 e. The summed E-state index contributed by atoms with van der Waals surface area (Å²) in [4.78, 5) is 6.62. The number of ether oxygens (including phenoxy) is 2. The Morgan fingerprint density at radius 2 is 1.89 bits per heavy atom. The number of methoxy groups -OCH3 is 2. The van der Waals surface area contributed by atoms with Gasteiger partial charge >= 0.3 is 0 Å². The molecule has 0 aliphatic carbocycles. The molecule has 7 heteroatoms. The minimum atomic E-state index is -0.445. The van der Waals surface area contributed by atoms with Crippen LogP contribution in [0.5, 0.6) is 11.5 Å². The van der Waals surface area contributed by atoms with E-state index in [-0.39, 0.29) is 6.04 Å². The molecule has 0 saturated heterocycles. The molecule has 3 rings (SSSR count). The molecule has 0 N–H and O–H groups in total. The van der Waals surface area contributed by atoms with Gasteiger partial charge in [-0.15, -0.1) is 11.3 Å². The van der Waals surface area contributed by atoms with Crippen LogP contribution in [0.3, 0.4) is 0 Å². The van der Waals surface area contributed by atoms with Gasteiger partial charge in [0.1, 0.15) is 28.1 Å². The maximum absolute atomic E-state index is 14.1. The van der Waals surface area contributed by atoms with Crippen molar-refractivity contribution in [2.24, 2.45) is 0 Å². The lowest BCUT2D eigenvalue weighted by molar-refractivity contribution is 0.245. The van der Waals surface area contributed by atoms with Gasteiger partial charge in [-0.2, -0.15) is 0 Å². The van der Waals surface area contributed by atoms with Gasteiger partial charge < -0.3 is 9.47 Å². The van der Waals surface area contributed by atoms with Crippen molar-refractivity contribution in [2.75, 3.05) is 21.3 Å². The third kappa shape index (κ3) is 4.31. The fourth-order valence-corrected chi connectivity index (χ4v) is 3.78. The van der Waals surface area contributed by atoms with E-state index < -0.39 is 11.6 Å². The van der Waals surface area contributed by atoms with Crippen LogP contribution in [0.25, 0.3) is 10.6 Å². The molecule has 4 nitrogen and oxygen atoms in total. The smallest absolute Gasteiger partial charge is 0.132 e. The summed E-state index contributed by atoms with van der Waals surface area (Å²) >= 11 is 1.51. The zero-order valence-electron chi connectivity index (χ0n) is 16.2. The first-order chi connectivity index (χ1) is 13.4. The Morgan fingerprint density at radius 1 is 1.11 bits per heavy atom. The average molecular weight is 404 g/mol. The van der Waals surface area contributed by atoms with Gasteiger partial charge in [0.05, 0.1) is 25.5 Å². The first-order valence-corrected chi connectivity index (χ1v) is 9.63. The van der Waals surface area contributed by atoms with Gasteiger partial charge in [-0.1, -0.05) is 0 Å². The second kappa shape index (κ2) is 8.67. The molecule has 1 atom stereocenters. The highest BCUT2D eigenvalue weighted by atomic mass is 32.1. The Morgan fingerprint density at radius 3 is 2.61 bits per heavy atom. The predicted octanol–water partition coefficient (Wildman–Crippen LogP) is 5.30. The van der Waals surface area contributed by atoms with Crippen molar-refractivity contribution < 1.29 is 18.3 Å². The number of hydrogen-bond donors (Lipinski definition) is 0. The minimum absolute atomic E-state index is 0.295. The van der Waals surface area contributed by atoms with E-state index in [4.69, 9.17) is 9.47 Å². The summed E-state index contributed by atoms with van der Waals surface area (Å²) in [6, 6.07) is 8.82. The Balaban J connectivity index is 1.78. The highest BCUT2D eigenvalue weighted by Gasteiger charge is 2.18. The normalized spacial score (nSPS) is 12.2. The van der Waals surface area contributed by atoms with Gasteiger partial charge in [0.25, 0.3) is 0 Å². The molecule has 1 heterocycles. The summed E-state index contributed by atoms with van der Waals surface area (Å²) in [6.07, 6.45) is 0. The summed E-state index contributed by atoms with van der Waals surface area (Å²) in [5.41, 5.74) is 2.06. The highest BCUT2D eigenvalue weighted by Crippen LogP contribution is 2.35. The molecule has 0 amide bonds. The van der Waals surface area contributed by atoms with Crippen LogP contribution in [0.1, 0.15) is 24.2 Å². The van der Waals surface area contributed by atoms with E-state index in [0.29, 0.717) is 23.6 Å². The zero-order chi connectivity index (χ0) is 20.3. The van der Waals surface area contributed by atoms with E-state index in [1.54, 1.807) is 14.2 Å². The van der Waals surface area contributed by atoms with Crippen molar-refractivity contribution in [3.05, 3.63) is 64.7 Å². The van der Waals surface area contributed by atoms with Crippen LogP contribution in [0.2, 0.25) is 0 Å². The van der Waals surface area contributed by atoms with Gasteiger partial charge in [-0.05, 0) is 44.3 Å². The summed E-state index contributed by atoms with van der Waals surface area (Å²) in [5.74, 6) is 0.536. The van der Waals surface area contributed by atoms with Crippen LogP contribution >= 0.6 is 11.3 Å². The predicted molar refractivity (Wildman–Crippen MR) is 107 cm³/mol. The number of halogens is 2. The number of thiazole rings is 1. The topological polar surface area (TPSA) is 34.6 Å². The number of hydrogen-bond acceptors (Lipinski definition) is 5. The van der Waals surface area contributed by atoms with Gasteiger partial charge in [0.15, 0.2) is 0 Å². The van der Waals surface area contributed by atoms with Crippen LogP contribution in [-0.2, 0) is 6.54 Å². The molecule has 1 aromatic heterocycles. The molecular formula is C21H22F2N2O2S. The fraction of sp³-hybridized carbons (Fsp3) is 0.286. The van der Waals surface area contributed by atoms with E-state index in [1.165, 1.54) is 17.4 Å². The van der Waals surface area contributed by atoms with Gasteiger partial charge in [-0.25, -0.2) is 13.8 Å². The van der Waals surface area contributed by atoms with Crippen LogP contribution in [0.15, 0.2) is 41.8 Å². The van der Waals surface area contributed by atoms with Crippen molar-refractivity contribution in [3.8, 4) is 22.1 Å². The van der Waals surface area contributed by atoms with Gasteiger partial charge in [-0.3, -0.25) is 4.90 Å². The van der Waals surface area contributed by atoms with E-state index in [1.807, 2.05) is 42.5 Å². The van der Waals surface area contributed by atoms with Crippen LogP contribution in [0, 0.1) is 11.6 Å². The molecule has 148 valence electrons. The monoisotopic (exact) mass is 404 g/mol. The van der Waals surface area contributed by atoms with Crippen LogP contribution < -0.4 is 9.47 Å². The molecule has 0 radical (unpaired) electrons. The summed E-state index contributed by atoms with van der Waals surface area (Å²) in [5, 5.41) is 2.79. The van der Waals surface area contributed by atoms with Crippen molar-refractivity contribution in [2.45, 2.75) is 19.5 Å². The third-order valence-electron chi connectivity index (χ3n) is 4.67. The summed E-state index contributed by atoms with van der Waals surface area (Å²) in [6.45, 7) is 2.35. The number of rotatable bonds is 7. The number of aromatic nitrogens is 1. The Hall–Kier alpha value is -2.51. The highest BCUT2D eigenvalue weighted by molar-refractivity contribution is 7.13. The molecule has 0 aliphatic rings. The quantitative estimate of drug-likeness (QED) is 0.535. The molecule has 0 fully saturated rings. The molecule has 0 saturated carbocycles. The number of nitrogens with zero attached hydrogens (tertiary/aromatic N) is 2. The Bertz CT molecular complexity index is 961. The molecule has 2 aromatic carbocycles. The molecule has 28 heavy (non-hydrogen) atoms. The molecule has 0 bridgehead atoms. The summed E-state index contributed by atoms with van der Waals surface area (Å²) in [7, 11) is 5.08. The van der Waals surface area contributed by atoms with E-state index >= 15 is 0 Å². The molecular weight excluding hydrogens is 382 g/mol. The Kier molecular flexibility index (Phi) is 6.26. The van der Waals surface area contributed by atoms with Crippen molar-refractivity contribution in [1.82, 2.24) is 9.88 Å². The lowest BCUT2D eigenvalue weighted by Crippen LogP contribution is -2.23. The van der Waals surface area contributed by atoms with Crippen molar-refractivity contribution >= 4 is 11.3 Å². The largest absolute Gasteiger partial charge is 0.497 e.